The minimum Gasteiger partial charge on any atom is -0.398 e. The van der Waals surface area contributed by atoms with E-state index < -0.39 is 9.84 Å². The standard InChI is InChI=1S/C23H17NO2S/c1-27(25,26)17-8-4-14(5-9-17)18-10-6-15-2-3-16-7-13-21(24)20-12-11-19(18)22(15)23(16)20/h2-13H,24H2,1H3. The molecule has 5 aromatic rings. The van der Waals surface area contributed by atoms with Crippen LogP contribution < -0.4 is 5.73 Å². The molecule has 0 spiro atoms. The first-order valence-electron chi connectivity index (χ1n) is 8.70. The molecule has 0 saturated heterocycles. The molecule has 0 bridgehead atoms. The van der Waals surface area contributed by atoms with E-state index in [1.54, 1.807) is 12.1 Å². The molecule has 0 aliphatic rings. The van der Waals surface area contributed by atoms with Gasteiger partial charge in [-0.05, 0) is 56.3 Å². The Morgan fingerprint density at radius 1 is 0.667 bits per heavy atom. The Bertz CT molecular complexity index is 1440. The Kier molecular flexibility index (Phi) is 3.24. The highest BCUT2D eigenvalue weighted by atomic mass is 32.2. The van der Waals surface area contributed by atoms with Crippen molar-refractivity contribution in [2.75, 3.05) is 12.0 Å². The van der Waals surface area contributed by atoms with Crippen LogP contribution in [-0.4, -0.2) is 14.7 Å². The van der Waals surface area contributed by atoms with Crippen LogP contribution in [0.1, 0.15) is 0 Å². The van der Waals surface area contributed by atoms with Gasteiger partial charge >= 0.3 is 0 Å². The average molecular weight is 371 g/mol. The van der Waals surface area contributed by atoms with E-state index in [-0.39, 0.29) is 0 Å². The molecule has 0 unspecified atom stereocenters. The van der Waals surface area contributed by atoms with Crippen molar-refractivity contribution in [2.24, 2.45) is 0 Å². The maximum atomic E-state index is 11.7. The summed E-state index contributed by atoms with van der Waals surface area (Å²) in [5, 5.41) is 6.92. The summed E-state index contributed by atoms with van der Waals surface area (Å²) in [5.41, 5.74) is 9.07. The summed E-state index contributed by atoms with van der Waals surface area (Å²) in [4.78, 5) is 0.330. The number of nitrogen functional groups attached to an aromatic ring is 1. The van der Waals surface area contributed by atoms with Crippen molar-refractivity contribution >= 4 is 47.8 Å². The van der Waals surface area contributed by atoms with Gasteiger partial charge in [-0.2, -0.15) is 0 Å². The van der Waals surface area contributed by atoms with Crippen molar-refractivity contribution in [3.05, 3.63) is 72.8 Å². The predicted octanol–water partition coefficient (Wildman–Crippen LogP) is 5.24. The second-order valence-corrected chi connectivity index (χ2v) is 9.00. The second kappa shape index (κ2) is 5.44. The van der Waals surface area contributed by atoms with Crippen LogP contribution in [0, 0.1) is 0 Å². The van der Waals surface area contributed by atoms with Gasteiger partial charge in [0.15, 0.2) is 9.84 Å². The van der Waals surface area contributed by atoms with Crippen molar-refractivity contribution in [1.29, 1.82) is 0 Å². The van der Waals surface area contributed by atoms with Crippen molar-refractivity contribution in [3.63, 3.8) is 0 Å². The molecule has 4 heteroatoms. The van der Waals surface area contributed by atoms with E-state index in [4.69, 9.17) is 5.73 Å². The highest BCUT2D eigenvalue weighted by molar-refractivity contribution is 7.90. The lowest BCUT2D eigenvalue weighted by atomic mass is 9.89. The van der Waals surface area contributed by atoms with Crippen molar-refractivity contribution < 1.29 is 8.42 Å². The van der Waals surface area contributed by atoms with Crippen LogP contribution in [0.3, 0.4) is 0 Å². The van der Waals surface area contributed by atoms with E-state index >= 15 is 0 Å². The van der Waals surface area contributed by atoms with E-state index in [0.29, 0.717) is 4.90 Å². The highest BCUT2D eigenvalue weighted by Gasteiger charge is 2.14. The molecule has 0 fully saturated rings. The first-order chi connectivity index (χ1) is 12.9. The van der Waals surface area contributed by atoms with Crippen molar-refractivity contribution in [3.8, 4) is 11.1 Å². The zero-order valence-corrected chi connectivity index (χ0v) is 15.5. The van der Waals surface area contributed by atoms with Crippen LogP contribution in [0.15, 0.2) is 77.7 Å². The molecule has 0 aromatic heterocycles. The van der Waals surface area contributed by atoms with Crippen LogP contribution in [-0.2, 0) is 9.84 Å². The van der Waals surface area contributed by atoms with Crippen LogP contribution in [0.2, 0.25) is 0 Å². The fourth-order valence-electron chi connectivity index (χ4n) is 3.96. The third-order valence-corrected chi connectivity index (χ3v) is 6.42. The topological polar surface area (TPSA) is 60.2 Å². The molecule has 0 aliphatic carbocycles. The molecule has 0 radical (unpaired) electrons. The number of nitrogens with two attached hydrogens (primary N) is 1. The summed E-state index contributed by atoms with van der Waals surface area (Å²) in [7, 11) is -3.20. The van der Waals surface area contributed by atoms with Gasteiger partial charge in [0.05, 0.1) is 4.90 Å². The maximum absolute atomic E-state index is 11.7. The molecule has 27 heavy (non-hydrogen) atoms. The van der Waals surface area contributed by atoms with Gasteiger partial charge in [0, 0.05) is 17.3 Å². The Hall–Kier alpha value is -3.11. The Labute approximate surface area is 157 Å². The molecule has 132 valence electrons. The van der Waals surface area contributed by atoms with E-state index in [9.17, 15) is 8.42 Å². The van der Waals surface area contributed by atoms with Gasteiger partial charge in [-0.15, -0.1) is 0 Å². The normalized spacial score (nSPS) is 12.3. The molecular weight excluding hydrogens is 354 g/mol. The molecule has 0 atom stereocenters. The lowest BCUT2D eigenvalue weighted by molar-refractivity contribution is 0.602. The zero-order valence-electron chi connectivity index (χ0n) is 14.7. The Balaban J connectivity index is 1.85. The molecular formula is C23H17NO2S. The summed E-state index contributed by atoms with van der Waals surface area (Å²) in [6.07, 6.45) is 1.22. The van der Waals surface area contributed by atoms with E-state index in [2.05, 4.69) is 42.5 Å². The quantitative estimate of drug-likeness (QED) is 0.341. The first kappa shape index (κ1) is 16.1. The number of sulfone groups is 1. The number of hydrogen-bond donors (Lipinski definition) is 1. The minimum absolute atomic E-state index is 0.330. The lowest BCUT2D eigenvalue weighted by Crippen LogP contribution is -1.96. The third-order valence-electron chi connectivity index (χ3n) is 5.29. The Morgan fingerprint density at radius 2 is 1.22 bits per heavy atom. The summed E-state index contributed by atoms with van der Waals surface area (Å²) in [6, 6.07) is 23.8. The largest absolute Gasteiger partial charge is 0.398 e. The van der Waals surface area contributed by atoms with Gasteiger partial charge in [0.1, 0.15) is 0 Å². The molecule has 0 aliphatic heterocycles. The van der Waals surface area contributed by atoms with Crippen LogP contribution in [0.4, 0.5) is 5.69 Å². The number of hydrogen-bond acceptors (Lipinski definition) is 3. The monoisotopic (exact) mass is 371 g/mol. The van der Waals surface area contributed by atoms with Gasteiger partial charge in [0.25, 0.3) is 0 Å². The van der Waals surface area contributed by atoms with Crippen LogP contribution >= 0.6 is 0 Å². The smallest absolute Gasteiger partial charge is 0.175 e. The molecule has 5 aromatic carbocycles. The fourth-order valence-corrected chi connectivity index (χ4v) is 4.59. The molecule has 0 saturated carbocycles. The SMILES string of the molecule is CS(=O)(=O)c1ccc(-c2ccc3ccc4ccc(N)c5ccc2c3c45)cc1. The zero-order chi connectivity index (χ0) is 18.8. The summed E-state index contributed by atoms with van der Waals surface area (Å²) in [6.45, 7) is 0. The molecule has 2 N–H and O–H groups in total. The lowest BCUT2D eigenvalue weighted by Gasteiger charge is -2.15. The van der Waals surface area contributed by atoms with E-state index in [1.165, 1.54) is 27.8 Å². The summed E-state index contributed by atoms with van der Waals surface area (Å²) in [5.74, 6) is 0. The highest BCUT2D eigenvalue weighted by Crippen LogP contribution is 2.40. The predicted molar refractivity (Wildman–Crippen MR) is 113 cm³/mol. The van der Waals surface area contributed by atoms with Gasteiger partial charge in [-0.3, -0.25) is 0 Å². The second-order valence-electron chi connectivity index (χ2n) is 6.99. The van der Waals surface area contributed by atoms with Crippen molar-refractivity contribution in [1.82, 2.24) is 0 Å². The average Bonchev–Trinajstić information content (AvgIpc) is 2.67. The van der Waals surface area contributed by atoms with Crippen LogP contribution in [0.5, 0.6) is 0 Å². The number of anilines is 1. The van der Waals surface area contributed by atoms with Gasteiger partial charge in [0.2, 0.25) is 0 Å². The molecule has 3 nitrogen and oxygen atoms in total. The Morgan fingerprint density at radius 3 is 1.89 bits per heavy atom. The van der Waals surface area contributed by atoms with Gasteiger partial charge < -0.3 is 5.73 Å². The van der Waals surface area contributed by atoms with Crippen molar-refractivity contribution in [2.45, 2.75) is 4.90 Å². The van der Waals surface area contributed by atoms with Gasteiger partial charge in [-0.25, -0.2) is 8.42 Å². The summed E-state index contributed by atoms with van der Waals surface area (Å²) >= 11 is 0. The molecule has 5 rings (SSSR count). The molecule has 0 amide bonds. The first-order valence-corrected chi connectivity index (χ1v) is 10.6. The number of rotatable bonds is 2. The summed E-state index contributed by atoms with van der Waals surface area (Å²) < 4.78 is 23.5. The minimum atomic E-state index is -3.20. The number of benzene rings is 5. The third kappa shape index (κ3) is 2.37. The molecule has 0 heterocycles. The van der Waals surface area contributed by atoms with E-state index in [1.807, 2.05) is 18.2 Å². The van der Waals surface area contributed by atoms with Crippen LogP contribution in [0.25, 0.3) is 43.4 Å². The fraction of sp³-hybridized carbons (Fsp3) is 0.0435. The van der Waals surface area contributed by atoms with Gasteiger partial charge in [-0.1, -0.05) is 54.6 Å². The maximum Gasteiger partial charge on any atom is 0.175 e. The van der Waals surface area contributed by atoms with E-state index in [0.717, 1.165) is 27.6 Å².